The number of imidazole rings is 1. The molecule has 2 aromatic carbocycles. The number of benzene rings is 2. The highest BCUT2D eigenvalue weighted by Gasteiger charge is 2.10. The van der Waals surface area contributed by atoms with Crippen LogP contribution < -0.4 is 10.6 Å². The van der Waals surface area contributed by atoms with E-state index in [1.165, 1.54) is 0 Å². The average molecular weight is 320 g/mol. The molecule has 1 heterocycles. The molecule has 0 saturated carbocycles. The minimum atomic E-state index is -0.216. The Balaban J connectivity index is 1.62. The summed E-state index contributed by atoms with van der Waals surface area (Å²) in [7, 11) is 0. The molecule has 2 N–H and O–H groups in total. The van der Waals surface area contributed by atoms with E-state index in [0.717, 1.165) is 22.5 Å². The van der Waals surface area contributed by atoms with E-state index in [1.807, 2.05) is 73.1 Å². The molecule has 1 unspecified atom stereocenters. The van der Waals surface area contributed by atoms with Crippen LogP contribution in [0.2, 0.25) is 0 Å². The van der Waals surface area contributed by atoms with Gasteiger partial charge in [0.1, 0.15) is 0 Å². The van der Waals surface area contributed by atoms with Crippen LogP contribution in [0.15, 0.2) is 67.3 Å². The second-order valence-corrected chi connectivity index (χ2v) is 5.75. The molecule has 0 radical (unpaired) electrons. The van der Waals surface area contributed by atoms with Gasteiger partial charge in [0.25, 0.3) is 0 Å². The standard InChI is InChI=1S/C19H20N4O/c1-14-4-3-5-17(12-14)22-19(24)21-15(2)16-6-8-18(9-7-16)23-11-10-20-13-23/h3-13,15H,1-2H3,(H2,21,22,24). The van der Waals surface area contributed by atoms with E-state index >= 15 is 0 Å². The summed E-state index contributed by atoms with van der Waals surface area (Å²) in [5, 5.41) is 5.80. The number of hydrogen-bond donors (Lipinski definition) is 2. The Labute approximate surface area is 141 Å². The van der Waals surface area contributed by atoms with E-state index in [4.69, 9.17) is 0 Å². The summed E-state index contributed by atoms with van der Waals surface area (Å²) >= 11 is 0. The van der Waals surface area contributed by atoms with Crippen molar-refractivity contribution < 1.29 is 4.79 Å². The van der Waals surface area contributed by atoms with E-state index in [1.54, 1.807) is 12.5 Å². The number of amides is 2. The Hall–Kier alpha value is -3.08. The Morgan fingerprint density at radius 1 is 1.17 bits per heavy atom. The number of anilines is 1. The van der Waals surface area contributed by atoms with Gasteiger partial charge in [-0.15, -0.1) is 0 Å². The summed E-state index contributed by atoms with van der Waals surface area (Å²) < 4.78 is 1.94. The van der Waals surface area contributed by atoms with Gasteiger partial charge in [-0.05, 0) is 49.2 Å². The summed E-state index contributed by atoms with van der Waals surface area (Å²) in [5.41, 5.74) is 3.97. The van der Waals surface area contributed by atoms with Crippen molar-refractivity contribution in [3.05, 3.63) is 78.4 Å². The molecular formula is C19H20N4O. The van der Waals surface area contributed by atoms with Crippen LogP contribution in [0.25, 0.3) is 5.69 Å². The van der Waals surface area contributed by atoms with E-state index in [0.29, 0.717) is 0 Å². The number of nitrogens with zero attached hydrogens (tertiary/aromatic N) is 2. The van der Waals surface area contributed by atoms with Gasteiger partial charge < -0.3 is 15.2 Å². The van der Waals surface area contributed by atoms with E-state index in [-0.39, 0.29) is 12.1 Å². The molecule has 24 heavy (non-hydrogen) atoms. The first-order valence-electron chi connectivity index (χ1n) is 7.84. The van der Waals surface area contributed by atoms with Gasteiger partial charge in [0.2, 0.25) is 0 Å². The topological polar surface area (TPSA) is 59.0 Å². The number of nitrogens with one attached hydrogen (secondary N) is 2. The van der Waals surface area contributed by atoms with Crippen molar-refractivity contribution >= 4 is 11.7 Å². The van der Waals surface area contributed by atoms with Crippen LogP contribution in [0.3, 0.4) is 0 Å². The predicted molar refractivity (Wildman–Crippen MR) is 95.3 cm³/mol. The molecule has 0 bridgehead atoms. The lowest BCUT2D eigenvalue weighted by molar-refractivity contribution is 0.249. The second-order valence-electron chi connectivity index (χ2n) is 5.75. The molecule has 0 spiro atoms. The number of rotatable bonds is 4. The quantitative estimate of drug-likeness (QED) is 0.761. The summed E-state index contributed by atoms with van der Waals surface area (Å²) in [5.74, 6) is 0. The number of hydrogen-bond acceptors (Lipinski definition) is 2. The number of aromatic nitrogens is 2. The van der Waals surface area contributed by atoms with Crippen LogP contribution in [-0.2, 0) is 0 Å². The lowest BCUT2D eigenvalue weighted by Crippen LogP contribution is -2.31. The molecule has 1 atom stereocenters. The third kappa shape index (κ3) is 3.81. The van der Waals surface area contributed by atoms with Gasteiger partial charge in [-0.1, -0.05) is 24.3 Å². The first kappa shape index (κ1) is 15.8. The smallest absolute Gasteiger partial charge is 0.319 e. The van der Waals surface area contributed by atoms with Gasteiger partial charge in [0.15, 0.2) is 0 Å². The third-order valence-electron chi connectivity index (χ3n) is 3.82. The second kappa shape index (κ2) is 7.00. The fourth-order valence-electron chi connectivity index (χ4n) is 2.52. The van der Waals surface area contributed by atoms with Gasteiger partial charge in [0.05, 0.1) is 12.4 Å². The van der Waals surface area contributed by atoms with Gasteiger partial charge in [0, 0.05) is 23.8 Å². The SMILES string of the molecule is Cc1cccc(NC(=O)NC(C)c2ccc(-n3ccnc3)cc2)c1. The average Bonchev–Trinajstić information content (AvgIpc) is 3.09. The van der Waals surface area contributed by atoms with E-state index in [9.17, 15) is 4.79 Å². The fourth-order valence-corrected chi connectivity index (χ4v) is 2.52. The summed E-state index contributed by atoms with van der Waals surface area (Å²) in [6, 6.07) is 15.4. The van der Waals surface area contributed by atoms with Gasteiger partial charge in [-0.3, -0.25) is 0 Å². The van der Waals surface area contributed by atoms with Crippen LogP contribution in [-0.4, -0.2) is 15.6 Å². The van der Waals surface area contributed by atoms with Gasteiger partial charge in [-0.2, -0.15) is 0 Å². The van der Waals surface area contributed by atoms with Crippen molar-refractivity contribution in [2.75, 3.05) is 5.32 Å². The number of aryl methyl sites for hydroxylation is 1. The molecule has 0 aliphatic heterocycles. The monoisotopic (exact) mass is 320 g/mol. The Morgan fingerprint density at radius 3 is 2.62 bits per heavy atom. The Morgan fingerprint density at radius 2 is 1.96 bits per heavy atom. The van der Waals surface area contributed by atoms with Crippen LogP contribution >= 0.6 is 0 Å². The van der Waals surface area contributed by atoms with E-state index < -0.39 is 0 Å². The van der Waals surface area contributed by atoms with Gasteiger partial charge in [-0.25, -0.2) is 9.78 Å². The predicted octanol–water partition coefficient (Wildman–Crippen LogP) is 4.06. The highest BCUT2D eigenvalue weighted by molar-refractivity contribution is 5.89. The van der Waals surface area contributed by atoms with Crippen molar-refractivity contribution in [1.29, 1.82) is 0 Å². The highest BCUT2D eigenvalue weighted by Crippen LogP contribution is 2.16. The molecule has 1 aromatic heterocycles. The van der Waals surface area contributed by atoms with Crippen LogP contribution in [0.5, 0.6) is 0 Å². The molecule has 0 aliphatic carbocycles. The lowest BCUT2D eigenvalue weighted by atomic mass is 10.1. The normalized spacial score (nSPS) is 11.8. The third-order valence-corrected chi connectivity index (χ3v) is 3.82. The van der Waals surface area contributed by atoms with Crippen LogP contribution in [0.4, 0.5) is 10.5 Å². The molecule has 0 aliphatic rings. The molecule has 2 amide bonds. The minimum absolute atomic E-state index is 0.0911. The number of carbonyl (C=O) groups excluding carboxylic acids is 1. The highest BCUT2D eigenvalue weighted by atomic mass is 16.2. The molecule has 0 fully saturated rings. The first-order chi connectivity index (χ1) is 11.6. The number of carbonyl (C=O) groups is 1. The van der Waals surface area contributed by atoms with Gasteiger partial charge >= 0.3 is 6.03 Å². The van der Waals surface area contributed by atoms with Crippen LogP contribution in [0.1, 0.15) is 24.1 Å². The first-order valence-corrected chi connectivity index (χ1v) is 7.84. The van der Waals surface area contributed by atoms with Crippen molar-refractivity contribution in [2.45, 2.75) is 19.9 Å². The summed E-state index contributed by atoms with van der Waals surface area (Å²) in [6.45, 7) is 3.95. The maximum atomic E-state index is 12.1. The largest absolute Gasteiger partial charge is 0.331 e. The molecule has 5 heteroatoms. The Bertz CT molecular complexity index is 810. The number of urea groups is 1. The maximum absolute atomic E-state index is 12.1. The summed E-state index contributed by atoms with van der Waals surface area (Å²) in [4.78, 5) is 16.2. The van der Waals surface area contributed by atoms with Crippen molar-refractivity contribution in [3.8, 4) is 5.69 Å². The van der Waals surface area contributed by atoms with Crippen molar-refractivity contribution in [3.63, 3.8) is 0 Å². The van der Waals surface area contributed by atoms with Crippen molar-refractivity contribution in [1.82, 2.24) is 14.9 Å². The molecular weight excluding hydrogens is 300 g/mol. The molecule has 122 valence electrons. The van der Waals surface area contributed by atoms with Crippen LogP contribution in [0, 0.1) is 6.92 Å². The minimum Gasteiger partial charge on any atom is -0.331 e. The summed E-state index contributed by atoms with van der Waals surface area (Å²) in [6.07, 6.45) is 5.39. The maximum Gasteiger partial charge on any atom is 0.319 e. The lowest BCUT2D eigenvalue weighted by Gasteiger charge is -2.16. The zero-order valence-corrected chi connectivity index (χ0v) is 13.7. The molecule has 0 saturated heterocycles. The molecule has 3 rings (SSSR count). The van der Waals surface area contributed by atoms with E-state index in [2.05, 4.69) is 15.6 Å². The Kier molecular flexibility index (Phi) is 4.61. The molecule has 3 aromatic rings. The zero-order valence-electron chi connectivity index (χ0n) is 13.7. The fraction of sp³-hybridized carbons (Fsp3) is 0.158. The zero-order chi connectivity index (χ0) is 16.9. The van der Waals surface area contributed by atoms with Crippen molar-refractivity contribution in [2.24, 2.45) is 0 Å². The molecule has 5 nitrogen and oxygen atoms in total.